The van der Waals surface area contributed by atoms with Gasteiger partial charge in [0.1, 0.15) is 5.82 Å². The Hall–Kier alpha value is -2.99. The monoisotopic (exact) mass is 506 g/mol. The fraction of sp³-hybridized carbons (Fsp3) is 0.111. The van der Waals surface area contributed by atoms with E-state index in [0.29, 0.717) is 19.4 Å². The van der Waals surface area contributed by atoms with Crippen molar-refractivity contribution in [2.45, 2.75) is 18.9 Å². The van der Waals surface area contributed by atoms with Gasteiger partial charge in [-0.3, -0.25) is 9.36 Å². The van der Waals surface area contributed by atoms with E-state index in [4.69, 9.17) is 28.2 Å². The molecular formula is C27H17Cl2FN2OS. The number of aryl methyl sites for hydroxylation is 1. The average Bonchev–Trinajstić information content (AvgIpc) is 3.14. The van der Waals surface area contributed by atoms with Gasteiger partial charge >= 0.3 is 0 Å². The van der Waals surface area contributed by atoms with Gasteiger partial charge in [0.2, 0.25) is 0 Å². The van der Waals surface area contributed by atoms with E-state index in [1.54, 1.807) is 34.9 Å². The maximum atomic E-state index is 13.7. The lowest BCUT2D eigenvalue weighted by Gasteiger charge is -2.31. The zero-order valence-corrected chi connectivity index (χ0v) is 20.1. The highest BCUT2D eigenvalue weighted by Crippen LogP contribution is 2.43. The second-order valence-corrected chi connectivity index (χ2v) is 10.2. The van der Waals surface area contributed by atoms with Crippen LogP contribution in [-0.4, -0.2) is 4.57 Å². The molecule has 0 bridgehead atoms. The van der Waals surface area contributed by atoms with Gasteiger partial charge in [0.25, 0.3) is 5.56 Å². The first-order chi connectivity index (χ1) is 16.5. The smallest absolute Gasteiger partial charge is 0.271 e. The summed E-state index contributed by atoms with van der Waals surface area (Å²) >= 11 is 14.2. The van der Waals surface area contributed by atoms with Crippen LogP contribution in [0, 0.1) is 5.82 Å². The molecule has 0 radical (unpaired) electrons. The van der Waals surface area contributed by atoms with Crippen molar-refractivity contribution in [2.75, 3.05) is 0 Å². The Labute approximate surface area is 208 Å². The van der Waals surface area contributed by atoms with E-state index in [0.717, 1.165) is 40.8 Å². The standard InChI is InChI=1S/C27H17Cl2FN2OS/c28-17-8-12-20(22(29)14-17)25-21-11-7-16-3-1-2-4-19(16)24(21)31-27-32(25)26(33)23(34-27)13-15-5-9-18(30)10-6-15/h1-6,8-10,12-14,25H,7,11H2/t25-/m1/s1. The lowest BCUT2D eigenvalue weighted by molar-refractivity contribution is 0.585. The van der Waals surface area contributed by atoms with Crippen LogP contribution in [0.1, 0.15) is 34.7 Å². The van der Waals surface area contributed by atoms with Gasteiger partial charge in [0.05, 0.1) is 16.3 Å². The number of thiazole rings is 1. The summed E-state index contributed by atoms with van der Waals surface area (Å²) in [5, 5.41) is 1.05. The van der Waals surface area contributed by atoms with E-state index in [-0.39, 0.29) is 17.4 Å². The minimum absolute atomic E-state index is 0.144. The maximum Gasteiger partial charge on any atom is 0.271 e. The van der Waals surface area contributed by atoms with Gasteiger partial charge in [-0.15, -0.1) is 0 Å². The Kier molecular flexibility index (Phi) is 5.29. The first kappa shape index (κ1) is 21.5. The van der Waals surface area contributed by atoms with E-state index >= 15 is 0 Å². The minimum atomic E-state index is -0.375. The van der Waals surface area contributed by atoms with Crippen molar-refractivity contribution in [1.82, 2.24) is 4.57 Å². The van der Waals surface area contributed by atoms with Crippen molar-refractivity contribution < 1.29 is 4.39 Å². The molecular weight excluding hydrogens is 490 g/mol. The van der Waals surface area contributed by atoms with Crippen LogP contribution in [0.2, 0.25) is 10.0 Å². The molecule has 3 nitrogen and oxygen atoms in total. The van der Waals surface area contributed by atoms with Crippen LogP contribution in [0.5, 0.6) is 0 Å². The van der Waals surface area contributed by atoms with Gasteiger partial charge in [-0.1, -0.05) is 77.0 Å². The fourth-order valence-corrected chi connectivity index (χ4v) is 6.25. The number of fused-ring (bicyclic) bond motifs is 3. The molecule has 0 spiro atoms. The lowest BCUT2D eigenvalue weighted by Crippen LogP contribution is -2.38. The first-order valence-electron chi connectivity index (χ1n) is 10.8. The highest BCUT2D eigenvalue weighted by molar-refractivity contribution is 7.07. The molecule has 0 fully saturated rings. The predicted molar refractivity (Wildman–Crippen MR) is 136 cm³/mol. The molecule has 2 aliphatic rings. The Morgan fingerprint density at radius 3 is 2.62 bits per heavy atom. The van der Waals surface area contributed by atoms with Crippen LogP contribution in [0.3, 0.4) is 0 Å². The van der Waals surface area contributed by atoms with Crippen LogP contribution >= 0.6 is 34.5 Å². The van der Waals surface area contributed by atoms with E-state index in [1.807, 2.05) is 18.2 Å². The van der Waals surface area contributed by atoms with Crippen LogP contribution in [0.15, 0.2) is 82.1 Å². The molecule has 0 amide bonds. The van der Waals surface area contributed by atoms with Gasteiger partial charge in [-0.25, -0.2) is 9.38 Å². The predicted octanol–water partition coefficient (Wildman–Crippen LogP) is 5.76. The molecule has 0 saturated carbocycles. The molecule has 1 aromatic heterocycles. The highest BCUT2D eigenvalue weighted by atomic mass is 35.5. The number of hydrogen-bond donors (Lipinski definition) is 0. The summed E-state index contributed by atoms with van der Waals surface area (Å²) in [5.74, 6) is -0.317. The van der Waals surface area contributed by atoms with Gasteiger partial charge in [0, 0.05) is 15.6 Å². The summed E-state index contributed by atoms with van der Waals surface area (Å²) in [7, 11) is 0. The number of hydrogen-bond acceptors (Lipinski definition) is 3. The van der Waals surface area contributed by atoms with E-state index in [1.165, 1.54) is 29.0 Å². The van der Waals surface area contributed by atoms with Gasteiger partial charge < -0.3 is 0 Å². The summed E-state index contributed by atoms with van der Waals surface area (Å²) in [6.07, 6.45) is 3.42. The molecule has 2 heterocycles. The minimum Gasteiger partial charge on any atom is -0.272 e. The second kappa shape index (κ2) is 8.35. The van der Waals surface area contributed by atoms with Crippen LogP contribution in [-0.2, 0) is 6.42 Å². The van der Waals surface area contributed by atoms with Crippen molar-refractivity contribution in [1.29, 1.82) is 0 Å². The van der Waals surface area contributed by atoms with Crippen molar-refractivity contribution in [3.8, 4) is 0 Å². The summed E-state index contributed by atoms with van der Waals surface area (Å²) in [6, 6.07) is 19.4. The molecule has 0 N–H and O–H groups in total. The number of aromatic nitrogens is 1. The number of halogens is 3. The highest BCUT2D eigenvalue weighted by Gasteiger charge is 2.33. The zero-order valence-electron chi connectivity index (χ0n) is 17.8. The van der Waals surface area contributed by atoms with E-state index < -0.39 is 0 Å². The Bertz CT molecular complexity index is 1670. The molecule has 1 atom stereocenters. The van der Waals surface area contributed by atoms with E-state index in [9.17, 15) is 9.18 Å². The Balaban J connectivity index is 1.64. The average molecular weight is 507 g/mol. The van der Waals surface area contributed by atoms with Crippen molar-refractivity contribution in [3.63, 3.8) is 0 Å². The van der Waals surface area contributed by atoms with Crippen LogP contribution in [0.4, 0.5) is 4.39 Å². The van der Waals surface area contributed by atoms with Crippen molar-refractivity contribution in [2.24, 2.45) is 4.99 Å². The lowest BCUT2D eigenvalue weighted by atomic mass is 9.83. The third kappa shape index (κ3) is 3.56. The maximum absolute atomic E-state index is 13.7. The number of nitrogens with zero attached hydrogens (tertiary/aromatic N) is 2. The molecule has 168 valence electrons. The second-order valence-electron chi connectivity index (χ2n) is 8.33. The van der Waals surface area contributed by atoms with Crippen molar-refractivity contribution in [3.05, 3.63) is 130 Å². The van der Waals surface area contributed by atoms with Crippen molar-refractivity contribution >= 4 is 46.3 Å². The normalized spacial score (nSPS) is 17.1. The molecule has 3 aromatic carbocycles. The van der Waals surface area contributed by atoms with Crippen LogP contribution in [0.25, 0.3) is 11.8 Å². The quantitative estimate of drug-likeness (QED) is 0.340. The number of allylic oxidation sites excluding steroid dienone is 1. The summed E-state index contributed by atoms with van der Waals surface area (Å²) < 4.78 is 15.6. The Morgan fingerprint density at radius 2 is 1.82 bits per heavy atom. The SMILES string of the molecule is O=c1c(=Cc2ccc(F)cc2)sc2n1[C@H](c1ccc(Cl)cc1Cl)C1=C(N=2)c2ccccc2CC1. The molecule has 4 aromatic rings. The molecule has 34 heavy (non-hydrogen) atoms. The number of rotatable bonds is 2. The first-order valence-corrected chi connectivity index (χ1v) is 12.4. The van der Waals surface area contributed by atoms with Gasteiger partial charge in [-0.05, 0) is 65.4 Å². The third-order valence-corrected chi connectivity index (χ3v) is 7.84. The molecule has 6 rings (SSSR count). The number of benzene rings is 3. The summed E-state index contributed by atoms with van der Waals surface area (Å²) in [4.78, 5) is 19.3. The third-order valence-electron chi connectivity index (χ3n) is 6.30. The molecule has 0 saturated heterocycles. The molecule has 1 aliphatic heterocycles. The molecule has 1 aliphatic carbocycles. The summed E-state index contributed by atoms with van der Waals surface area (Å²) in [6.45, 7) is 0. The van der Waals surface area contributed by atoms with Gasteiger partial charge in [-0.2, -0.15) is 0 Å². The summed E-state index contributed by atoms with van der Waals surface area (Å²) in [5.41, 5.74) is 5.75. The largest absolute Gasteiger partial charge is 0.272 e. The topological polar surface area (TPSA) is 34.4 Å². The van der Waals surface area contributed by atoms with Gasteiger partial charge in [0.15, 0.2) is 4.80 Å². The molecule has 0 unspecified atom stereocenters. The Morgan fingerprint density at radius 1 is 1.03 bits per heavy atom. The van der Waals surface area contributed by atoms with Crippen LogP contribution < -0.4 is 14.9 Å². The molecule has 7 heteroatoms. The zero-order chi connectivity index (χ0) is 23.4. The fourth-order valence-electron chi connectivity index (χ4n) is 4.73. The van der Waals surface area contributed by atoms with E-state index in [2.05, 4.69) is 12.1 Å².